The summed E-state index contributed by atoms with van der Waals surface area (Å²) < 4.78 is 14.9. The van der Waals surface area contributed by atoms with E-state index in [1.165, 1.54) is 0 Å². The minimum absolute atomic E-state index is 0. The summed E-state index contributed by atoms with van der Waals surface area (Å²) in [4.78, 5) is 11.1. The molecule has 0 aromatic heterocycles. The van der Waals surface area contributed by atoms with E-state index < -0.39 is 0 Å². The fourth-order valence-corrected chi connectivity index (χ4v) is 1.22. The Bertz CT molecular complexity index is 223. The second-order valence-corrected chi connectivity index (χ2v) is 5.18. The van der Waals surface area contributed by atoms with Crippen LogP contribution in [0.5, 0.6) is 0 Å². The number of esters is 1. The number of rotatable bonds is 7. The molecule has 0 aliphatic heterocycles. The number of hydrogen-bond donors (Lipinski definition) is 0. The van der Waals surface area contributed by atoms with E-state index in [1.807, 2.05) is 27.7 Å². The summed E-state index contributed by atoms with van der Waals surface area (Å²) in [5, 5.41) is 0. The van der Waals surface area contributed by atoms with Crippen molar-refractivity contribution in [2.45, 2.75) is 90.4 Å². The van der Waals surface area contributed by atoms with Crippen LogP contribution in [-0.2, 0) is 19.0 Å². The van der Waals surface area contributed by atoms with Gasteiger partial charge in [-0.25, -0.2) is 0 Å². The van der Waals surface area contributed by atoms with E-state index in [-0.39, 0.29) is 47.4 Å². The second kappa shape index (κ2) is 21.4. The van der Waals surface area contributed by atoms with Crippen molar-refractivity contribution in [3.8, 4) is 0 Å². The lowest BCUT2D eigenvalue weighted by Crippen LogP contribution is -2.25. The van der Waals surface area contributed by atoms with Gasteiger partial charge in [0.2, 0.25) is 0 Å². The van der Waals surface area contributed by atoms with E-state index in [2.05, 4.69) is 13.8 Å². The van der Waals surface area contributed by atoms with Crippen LogP contribution >= 0.6 is 0 Å². The van der Waals surface area contributed by atoms with Gasteiger partial charge in [-0.2, -0.15) is 0 Å². The van der Waals surface area contributed by atoms with Crippen molar-refractivity contribution >= 4 is 5.97 Å². The summed E-state index contributed by atoms with van der Waals surface area (Å²) in [5.41, 5.74) is -0.310. The molecule has 0 aromatic carbocycles. The summed E-state index contributed by atoms with van der Waals surface area (Å²) in [7, 11) is 3.33. The third-order valence-electron chi connectivity index (χ3n) is 3.29. The largest absolute Gasteiger partial charge is 0.466 e. The number of ether oxygens (including phenoxy) is 3. The van der Waals surface area contributed by atoms with Gasteiger partial charge in [0.05, 0.1) is 12.0 Å². The van der Waals surface area contributed by atoms with Crippen molar-refractivity contribution in [1.29, 1.82) is 0 Å². The maximum Gasteiger partial charge on any atom is 0.311 e. The molecule has 0 heterocycles. The van der Waals surface area contributed by atoms with E-state index >= 15 is 0 Å². The highest BCUT2D eigenvalue weighted by molar-refractivity contribution is 5.75. The van der Waals surface area contributed by atoms with Crippen LogP contribution in [0.25, 0.3) is 0 Å². The topological polar surface area (TPSA) is 44.8 Å². The first kappa shape index (κ1) is 38.1. The highest BCUT2D eigenvalue weighted by Crippen LogP contribution is 2.20. The van der Waals surface area contributed by atoms with Gasteiger partial charge in [0.15, 0.2) is 6.29 Å². The zero-order chi connectivity index (χ0) is 15.5. The predicted octanol–water partition coefficient (Wildman–Crippen LogP) is 6.18. The van der Waals surface area contributed by atoms with Crippen molar-refractivity contribution in [3.63, 3.8) is 0 Å². The van der Waals surface area contributed by atoms with Crippen molar-refractivity contribution < 1.29 is 19.0 Å². The van der Waals surface area contributed by atoms with Crippen LogP contribution in [0.1, 0.15) is 84.1 Å². The van der Waals surface area contributed by atoms with Crippen molar-refractivity contribution in [2.24, 2.45) is 11.3 Å². The minimum Gasteiger partial charge on any atom is -0.466 e. The molecule has 0 bridgehead atoms. The van der Waals surface area contributed by atoms with Gasteiger partial charge in [-0.1, -0.05) is 50.5 Å². The Balaban J connectivity index is -0.0000000537. The van der Waals surface area contributed by atoms with Crippen molar-refractivity contribution in [1.82, 2.24) is 0 Å². The van der Waals surface area contributed by atoms with E-state index in [0.717, 1.165) is 12.8 Å². The normalized spacial score (nSPS) is 10.5. The van der Waals surface area contributed by atoms with E-state index in [0.29, 0.717) is 12.5 Å². The first-order valence-electron chi connectivity index (χ1n) is 7.03. The molecule has 0 aromatic rings. The SMILES string of the molecule is C.C.C.C.CCC(C)C(OC)OC.CCOC(=O)C(C)(C)CC. The quantitative estimate of drug-likeness (QED) is 0.410. The Kier molecular flexibility index (Phi) is 35.5. The van der Waals surface area contributed by atoms with Crippen LogP contribution < -0.4 is 0 Å². The number of carbonyl (C=O) groups excluding carboxylic acids is 1. The van der Waals surface area contributed by atoms with Crippen LogP contribution in [0, 0.1) is 11.3 Å². The molecule has 0 saturated carbocycles. The molecule has 0 N–H and O–H groups in total. The molecule has 0 aliphatic carbocycles. The summed E-state index contributed by atoms with van der Waals surface area (Å²) >= 11 is 0. The van der Waals surface area contributed by atoms with Crippen LogP contribution in [0.3, 0.4) is 0 Å². The lowest BCUT2D eigenvalue weighted by molar-refractivity contribution is -0.153. The van der Waals surface area contributed by atoms with Crippen LogP contribution in [-0.4, -0.2) is 33.1 Å². The molecule has 4 heteroatoms. The number of methoxy groups -OCH3 is 2. The molecule has 0 saturated heterocycles. The highest BCUT2D eigenvalue weighted by Gasteiger charge is 2.26. The highest BCUT2D eigenvalue weighted by atomic mass is 16.7. The van der Waals surface area contributed by atoms with Crippen LogP contribution in [0.15, 0.2) is 0 Å². The lowest BCUT2D eigenvalue weighted by atomic mass is 9.91. The van der Waals surface area contributed by atoms with Gasteiger partial charge in [0, 0.05) is 20.1 Å². The molecular weight excluding hydrogens is 292 g/mol. The monoisotopic (exact) mass is 340 g/mol. The summed E-state index contributed by atoms with van der Waals surface area (Å²) in [5.74, 6) is 0.387. The summed E-state index contributed by atoms with van der Waals surface area (Å²) in [6.45, 7) is 12.3. The molecule has 0 amide bonds. The molecule has 4 nitrogen and oxygen atoms in total. The average Bonchev–Trinajstić information content (AvgIpc) is 2.40. The molecule has 0 rings (SSSR count). The van der Waals surface area contributed by atoms with Gasteiger partial charge in [0.1, 0.15) is 0 Å². The van der Waals surface area contributed by atoms with E-state index in [1.54, 1.807) is 14.2 Å². The van der Waals surface area contributed by atoms with Crippen LogP contribution in [0.4, 0.5) is 0 Å². The molecule has 0 fully saturated rings. The molecule has 0 spiro atoms. The third-order valence-corrected chi connectivity index (χ3v) is 3.29. The Labute approximate surface area is 148 Å². The van der Waals surface area contributed by atoms with Gasteiger partial charge in [-0.3, -0.25) is 4.79 Å². The second-order valence-electron chi connectivity index (χ2n) is 5.18. The zero-order valence-corrected chi connectivity index (χ0v) is 13.9. The zero-order valence-electron chi connectivity index (χ0n) is 13.9. The molecule has 1 unspecified atom stereocenters. The molecule has 148 valence electrons. The van der Waals surface area contributed by atoms with Gasteiger partial charge in [0.25, 0.3) is 0 Å². The van der Waals surface area contributed by atoms with Crippen LogP contribution in [0.2, 0.25) is 0 Å². The van der Waals surface area contributed by atoms with Crippen molar-refractivity contribution in [3.05, 3.63) is 0 Å². The first-order valence-corrected chi connectivity index (χ1v) is 7.03. The molecule has 23 heavy (non-hydrogen) atoms. The molecular formula is C19H48O4. The van der Waals surface area contributed by atoms with Gasteiger partial charge < -0.3 is 14.2 Å². The van der Waals surface area contributed by atoms with Gasteiger partial charge >= 0.3 is 5.97 Å². The van der Waals surface area contributed by atoms with E-state index in [9.17, 15) is 4.79 Å². The third kappa shape index (κ3) is 17.6. The Morgan fingerprint density at radius 1 is 0.957 bits per heavy atom. The first-order chi connectivity index (χ1) is 8.80. The lowest BCUT2D eigenvalue weighted by Gasteiger charge is -2.19. The predicted molar refractivity (Wildman–Crippen MR) is 105 cm³/mol. The fraction of sp³-hybridized carbons (Fsp3) is 0.947. The maximum atomic E-state index is 11.1. The fourth-order valence-electron chi connectivity index (χ4n) is 1.22. The maximum absolute atomic E-state index is 11.1. The molecule has 0 aliphatic rings. The number of carbonyl (C=O) groups is 1. The molecule has 1 atom stereocenters. The smallest absolute Gasteiger partial charge is 0.311 e. The number of hydrogen-bond acceptors (Lipinski definition) is 4. The Morgan fingerprint density at radius 3 is 1.52 bits per heavy atom. The van der Waals surface area contributed by atoms with Crippen molar-refractivity contribution in [2.75, 3.05) is 20.8 Å². The standard InChI is InChI=1S/C8H16O2.C7H16O2.4CH4/c1-5-8(3,4)7(9)10-6-2;1-5-6(2)7(8-3)9-4;;;;/h5-6H2,1-4H3;6-7H,5H2,1-4H3;4*1H4. The summed E-state index contributed by atoms with van der Waals surface area (Å²) in [6.07, 6.45) is 1.88. The Hall–Kier alpha value is -0.610. The van der Waals surface area contributed by atoms with Gasteiger partial charge in [-0.15, -0.1) is 0 Å². The summed E-state index contributed by atoms with van der Waals surface area (Å²) in [6, 6.07) is 0. The van der Waals surface area contributed by atoms with E-state index in [4.69, 9.17) is 14.2 Å². The minimum atomic E-state index is -0.310. The Morgan fingerprint density at radius 2 is 1.35 bits per heavy atom. The molecule has 0 radical (unpaired) electrons. The average molecular weight is 341 g/mol. The van der Waals surface area contributed by atoms with Gasteiger partial charge in [-0.05, 0) is 33.6 Å².